The molecule has 0 amide bonds. The molecule has 6 nitrogen and oxygen atoms in total. The minimum Gasteiger partial charge on any atom is -0.283 e. The van der Waals surface area contributed by atoms with E-state index in [1.165, 1.54) is 28.6 Å². The van der Waals surface area contributed by atoms with Gasteiger partial charge in [0.25, 0.3) is 0 Å². The third kappa shape index (κ3) is 4.85. The van der Waals surface area contributed by atoms with Crippen molar-refractivity contribution >= 4 is 25.7 Å². The van der Waals surface area contributed by atoms with Crippen molar-refractivity contribution in [3.8, 4) is 0 Å². The largest absolute Gasteiger partial charge is 0.283 e. The van der Waals surface area contributed by atoms with Crippen LogP contribution in [0.5, 0.6) is 0 Å². The van der Waals surface area contributed by atoms with Crippen LogP contribution in [0.1, 0.15) is 23.6 Å². The van der Waals surface area contributed by atoms with Gasteiger partial charge in [0.1, 0.15) is 5.82 Å². The Kier molecular flexibility index (Phi) is 5.55. The van der Waals surface area contributed by atoms with E-state index >= 15 is 0 Å². The zero-order chi connectivity index (χ0) is 19.7. The molecule has 0 aliphatic carbocycles. The van der Waals surface area contributed by atoms with Crippen molar-refractivity contribution in [2.75, 3.05) is 17.0 Å². The van der Waals surface area contributed by atoms with Gasteiger partial charge >= 0.3 is 0 Å². The van der Waals surface area contributed by atoms with E-state index in [0.29, 0.717) is 24.2 Å². The normalized spacial score (nSPS) is 15.3. The lowest BCUT2D eigenvalue weighted by molar-refractivity contribution is 0.392. The van der Waals surface area contributed by atoms with Crippen molar-refractivity contribution in [2.24, 2.45) is 0 Å². The van der Waals surface area contributed by atoms with E-state index < -0.39 is 25.9 Å². The summed E-state index contributed by atoms with van der Waals surface area (Å²) >= 11 is 0. The highest BCUT2D eigenvalue weighted by Crippen LogP contribution is 2.25. The van der Waals surface area contributed by atoms with E-state index in [0.717, 1.165) is 11.1 Å². The molecule has 0 aromatic heterocycles. The molecule has 146 valence electrons. The van der Waals surface area contributed by atoms with Gasteiger partial charge in [-0.25, -0.2) is 21.2 Å². The lowest BCUT2D eigenvalue weighted by Crippen LogP contribution is -2.36. The molecule has 9 heteroatoms. The Balaban J connectivity index is 1.77. The van der Waals surface area contributed by atoms with Gasteiger partial charge in [0.05, 0.1) is 11.5 Å². The highest BCUT2D eigenvalue weighted by Gasteiger charge is 2.25. The Morgan fingerprint density at radius 1 is 1.04 bits per heavy atom. The summed E-state index contributed by atoms with van der Waals surface area (Å²) < 4.78 is 65.8. The van der Waals surface area contributed by atoms with Crippen LogP contribution in [-0.4, -0.2) is 33.4 Å². The fourth-order valence-electron chi connectivity index (χ4n) is 3.03. The predicted octanol–water partition coefficient (Wildman–Crippen LogP) is 2.48. The van der Waals surface area contributed by atoms with Crippen LogP contribution in [0, 0.1) is 5.82 Å². The molecular formula is C18H21FN2O4S2. The van der Waals surface area contributed by atoms with Crippen LogP contribution < -0.4 is 4.72 Å². The molecule has 0 unspecified atom stereocenters. The van der Waals surface area contributed by atoms with Crippen LogP contribution in [0.2, 0.25) is 0 Å². The van der Waals surface area contributed by atoms with Gasteiger partial charge in [-0.1, -0.05) is 18.2 Å². The molecule has 0 atom stereocenters. The maximum atomic E-state index is 13.0. The summed E-state index contributed by atoms with van der Waals surface area (Å²) in [4.78, 5) is 0. The van der Waals surface area contributed by atoms with Crippen LogP contribution >= 0.6 is 0 Å². The molecule has 2 aromatic carbocycles. The van der Waals surface area contributed by atoms with Gasteiger partial charge in [0, 0.05) is 18.8 Å². The van der Waals surface area contributed by atoms with Crippen molar-refractivity contribution < 1.29 is 21.2 Å². The first-order valence-corrected chi connectivity index (χ1v) is 11.8. The van der Waals surface area contributed by atoms with E-state index in [9.17, 15) is 21.2 Å². The second kappa shape index (κ2) is 7.57. The average molecular weight is 413 g/mol. The van der Waals surface area contributed by atoms with Gasteiger partial charge in [-0.15, -0.1) is 0 Å². The maximum absolute atomic E-state index is 13.0. The Morgan fingerprint density at radius 3 is 2.41 bits per heavy atom. The topological polar surface area (TPSA) is 83.6 Å². The van der Waals surface area contributed by atoms with E-state index in [-0.39, 0.29) is 18.1 Å². The zero-order valence-corrected chi connectivity index (χ0v) is 16.5. The zero-order valence-electron chi connectivity index (χ0n) is 14.9. The van der Waals surface area contributed by atoms with E-state index in [1.807, 2.05) is 6.07 Å². The number of sulfonamides is 2. The Bertz CT molecular complexity index is 1040. The number of hydrogen-bond acceptors (Lipinski definition) is 4. The third-order valence-corrected chi connectivity index (χ3v) is 7.57. The van der Waals surface area contributed by atoms with Crippen LogP contribution in [0.25, 0.3) is 0 Å². The first-order valence-electron chi connectivity index (χ1n) is 8.53. The molecule has 0 radical (unpaired) electrons. The summed E-state index contributed by atoms with van der Waals surface area (Å²) in [7, 11) is -6.97. The average Bonchev–Trinajstić information content (AvgIpc) is 2.62. The van der Waals surface area contributed by atoms with Crippen LogP contribution in [0.15, 0.2) is 42.5 Å². The van der Waals surface area contributed by atoms with Crippen LogP contribution in [0.4, 0.5) is 10.1 Å². The van der Waals surface area contributed by atoms with Crippen molar-refractivity contribution in [1.82, 2.24) is 4.31 Å². The number of benzene rings is 2. The second-order valence-electron chi connectivity index (χ2n) is 6.46. The SMILES string of the molecule is CCS(=O)(=O)N1CCc2ccc(NS(=O)(=O)Cc3ccc(F)cc3)cc2C1. The van der Waals surface area contributed by atoms with Gasteiger partial charge in [-0.3, -0.25) is 4.72 Å². The number of rotatable bonds is 6. The molecule has 1 aliphatic rings. The summed E-state index contributed by atoms with van der Waals surface area (Å²) in [5, 5.41) is 0. The van der Waals surface area contributed by atoms with Gasteiger partial charge < -0.3 is 0 Å². The monoisotopic (exact) mass is 412 g/mol. The number of halogens is 1. The summed E-state index contributed by atoms with van der Waals surface area (Å²) in [5.41, 5.74) is 2.66. The first-order chi connectivity index (χ1) is 12.7. The van der Waals surface area contributed by atoms with Crippen molar-refractivity contribution in [2.45, 2.75) is 25.6 Å². The molecule has 27 heavy (non-hydrogen) atoms. The summed E-state index contributed by atoms with van der Waals surface area (Å²) in [6, 6.07) is 10.4. The fourth-order valence-corrected chi connectivity index (χ4v) is 5.29. The molecule has 1 N–H and O–H groups in total. The molecule has 2 aromatic rings. The highest BCUT2D eigenvalue weighted by molar-refractivity contribution is 7.91. The molecule has 3 rings (SSSR count). The number of nitrogens with one attached hydrogen (secondary N) is 1. The molecule has 1 heterocycles. The maximum Gasteiger partial charge on any atom is 0.236 e. The highest BCUT2D eigenvalue weighted by atomic mass is 32.2. The quantitative estimate of drug-likeness (QED) is 0.790. The fraction of sp³-hybridized carbons (Fsp3) is 0.333. The number of hydrogen-bond donors (Lipinski definition) is 1. The Hall–Kier alpha value is -1.97. The lowest BCUT2D eigenvalue weighted by atomic mass is 10.0. The summed E-state index contributed by atoms with van der Waals surface area (Å²) in [5.74, 6) is -0.669. The van der Waals surface area contributed by atoms with Gasteiger partial charge in [0.2, 0.25) is 20.0 Å². The minimum absolute atomic E-state index is 0.0341. The van der Waals surface area contributed by atoms with E-state index in [4.69, 9.17) is 0 Å². The molecule has 0 saturated carbocycles. The predicted molar refractivity (Wildman–Crippen MR) is 103 cm³/mol. The number of anilines is 1. The molecular weight excluding hydrogens is 391 g/mol. The van der Waals surface area contributed by atoms with E-state index in [1.54, 1.807) is 19.1 Å². The minimum atomic E-state index is -3.68. The van der Waals surface area contributed by atoms with Crippen molar-refractivity contribution in [3.63, 3.8) is 0 Å². The van der Waals surface area contributed by atoms with Gasteiger partial charge in [-0.2, -0.15) is 4.31 Å². The van der Waals surface area contributed by atoms with Crippen molar-refractivity contribution in [1.29, 1.82) is 0 Å². The summed E-state index contributed by atoms with van der Waals surface area (Å²) in [6.07, 6.45) is 0.594. The molecule has 0 spiro atoms. The third-order valence-electron chi connectivity index (χ3n) is 4.48. The Labute approximate surface area is 159 Å². The second-order valence-corrected chi connectivity index (χ2v) is 10.4. The smallest absolute Gasteiger partial charge is 0.236 e. The molecule has 0 saturated heterocycles. The van der Waals surface area contributed by atoms with Crippen molar-refractivity contribution in [3.05, 3.63) is 65.0 Å². The Morgan fingerprint density at radius 2 is 1.74 bits per heavy atom. The standard InChI is InChI=1S/C18H21FN2O4S2/c1-2-27(24,25)21-10-9-15-5-8-18(11-16(15)12-21)20-26(22,23)13-14-3-6-17(19)7-4-14/h3-8,11,20H,2,9-10,12-13H2,1H3. The molecule has 0 bridgehead atoms. The van der Waals surface area contributed by atoms with Gasteiger partial charge in [-0.05, 0) is 54.3 Å². The number of fused-ring (bicyclic) bond motifs is 1. The first kappa shape index (κ1) is 19.8. The van der Waals surface area contributed by atoms with E-state index in [2.05, 4.69) is 4.72 Å². The lowest BCUT2D eigenvalue weighted by Gasteiger charge is -2.28. The van der Waals surface area contributed by atoms with Crippen LogP contribution in [0.3, 0.4) is 0 Å². The molecule has 1 aliphatic heterocycles. The number of nitrogens with zero attached hydrogens (tertiary/aromatic N) is 1. The summed E-state index contributed by atoms with van der Waals surface area (Å²) in [6.45, 7) is 2.27. The van der Waals surface area contributed by atoms with Crippen LogP contribution in [-0.2, 0) is 38.8 Å². The molecule has 0 fully saturated rings. The van der Waals surface area contributed by atoms with Gasteiger partial charge in [0.15, 0.2) is 0 Å².